The molecule has 0 amide bonds. The van der Waals surface area contributed by atoms with Gasteiger partial charge in [0.25, 0.3) is 0 Å². The second-order valence-corrected chi connectivity index (χ2v) is 3.49. The number of benzene rings is 1. The Morgan fingerprint density at radius 3 is 1.71 bits per heavy atom. The molecule has 0 heterocycles. The van der Waals surface area contributed by atoms with Gasteiger partial charge >= 0.3 is 0 Å². The van der Waals surface area contributed by atoms with Crippen molar-refractivity contribution >= 4 is 0 Å². The van der Waals surface area contributed by atoms with Crippen molar-refractivity contribution in [1.29, 1.82) is 0 Å². The number of allylic oxidation sites excluding steroid dienone is 4. The van der Waals surface area contributed by atoms with Crippen LogP contribution in [0.25, 0.3) is 0 Å². The van der Waals surface area contributed by atoms with Crippen molar-refractivity contribution < 1.29 is 4.74 Å². The van der Waals surface area contributed by atoms with Gasteiger partial charge in [0, 0.05) is 0 Å². The van der Waals surface area contributed by atoms with Gasteiger partial charge in [-0.25, -0.2) is 0 Å². The molecule has 0 N–H and O–H groups in total. The molecule has 0 bridgehead atoms. The maximum Gasteiger partial charge on any atom is 0.114 e. The van der Waals surface area contributed by atoms with E-state index in [1.165, 1.54) is 5.56 Å². The monoisotopic (exact) mass is 288 g/mol. The smallest absolute Gasteiger partial charge is 0.114 e. The summed E-state index contributed by atoms with van der Waals surface area (Å²) in [5.41, 5.74) is 1.17. The lowest BCUT2D eigenvalue weighted by Crippen LogP contribution is -1.90. The van der Waals surface area contributed by atoms with Crippen molar-refractivity contribution in [2.24, 2.45) is 0 Å². The Kier molecular flexibility index (Phi) is 26.4. The van der Waals surface area contributed by atoms with Gasteiger partial charge in [-0.3, -0.25) is 0 Å². The molecule has 0 aliphatic carbocycles. The van der Waals surface area contributed by atoms with E-state index in [1.807, 2.05) is 71.0 Å². The molecule has 0 aliphatic heterocycles. The lowest BCUT2D eigenvalue weighted by Gasteiger charge is -2.05. The Balaban J connectivity index is -0.000000342. The second-order valence-electron chi connectivity index (χ2n) is 3.49. The minimum Gasteiger partial charge on any atom is -0.489 e. The first-order valence-corrected chi connectivity index (χ1v) is 7.29. The summed E-state index contributed by atoms with van der Waals surface area (Å²) in [6.07, 6.45) is 7.11. The lowest BCUT2D eigenvalue weighted by molar-refractivity contribution is 0.211. The van der Waals surface area contributed by atoms with Gasteiger partial charge in [-0.15, -0.1) is 13.2 Å². The average Bonchev–Trinajstić information content (AvgIpc) is 2.53. The van der Waals surface area contributed by atoms with Crippen molar-refractivity contribution in [2.75, 3.05) is 0 Å². The highest BCUT2D eigenvalue weighted by molar-refractivity contribution is 5.15. The molecule has 0 atom stereocenters. The maximum absolute atomic E-state index is 5.47. The third-order valence-corrected chi connectivity index (χ3v) is 1.73. The van der Waals surface area contributed by atoms with E-state index < -0.39 is 0 Å². The molecule has 21 heavy (non-hydrogen) atoms. The van der Waals surface area contributed by atoms with E-state index in [4.69, 9.17) is 4.74 Å². The molecule has 0 spiro atoms. The summed E-state index contributed by atoms with van der Waals surface area (Å²) in [5, 5.41) is 0. The van der Waals surface area contributed by atoms with Crippen LogP contribution in [-0.2, 0) is 11.3 Å². The normalized spacial score (nSPS) is 8.33. The van der Waals surface area contributed by atoms with E-state index in [0.717, 1.165) is 5.76 Å². The summed E-state index contributed by atoms with van der Waals surface area (Å²) in [4.78, 5) is 0. The van der Waals surface area contributed by atoms with E-state index in [2.05, 4.69) is 19.7 Å². The standard InChI is InChI=1S/C12H14O.2C3H6.C2H6/c1-3-12(4-2)13-10-11-8-6-5-7-9-11;2*1-3-2;1-2/h3-9H,1,10H2,2H3;2*3H,1H2,2H3;1-2H3/b12-4+;;;. The predicted molar refractivity (Wildman–Crippen MR) is 98.3 cm³/mol. The van der Waals surface area contributed by atoms with Gasteiger partial charge in [0.05, 0.1) is 0 Å². The van der Waals surface area contributed by atoms with Crippen LogP contribution < -0.4 is 0 Å². The third-order valence-electron chi connectivity index (χ3n) is 1.73. The molecular formula is C20H32O. The molecule has 1 aromatic carbocycles. The third kappa shape index (κ3) is 20.5. The lowest BCUT2D eigenvalue weighted by atomic mass is 10.2. The summed E-state index contributed by atoms with van der Waals surface area (Å²) in [6.45, 7) is 20.7. The summed E-state index contributed by atoms with van der Waals surface area (Å²) >= 11 is 0. The Labute approximate surface area is 132 Å². The molecule has 1 nitrogen and oxygen atoms in total. The van der Waals surface area contributed by atoms with E-state index in [0.29, 0.717) is 6.61 Å². The first kappa shape index (κ1) is 24.0. The zero-order valence-electron chi connectivity index (χ0n) is 14.4. The molecule has 0 aliphatic rings. The topological polar surface area (TPSA) is 9.23 Å². The van der Waals surface area contributed by atoms with Gasteiger partial charge < -0.3 is 4.74 Å². The van der Waals surface area contributed by atoms with Crippen molar-refractivity contribution in [2.45, 2.75) is 41.2 Å². The molecule has 0 unspecified atom stereocenters. The number of rotatable bonds is 4. The van der Waals surface area contributed by atoms with E-state index in [9.17, 15) is 0 Å². The fraction of sp³-hybridized carbons (Fsp3) is 0.300. The van der Waals surface area contributed by atoms with Crippen LogP contribution in [0.15, 0.2) is 80.1 Å². The first-order chi connectivity index (χ1) is 10.2. The van der Waals surface area contributed by atoms with Crippen molar-refractivity contribution in [1.82, 2.24) is 0 Å². The van der Waals surface area contributed by atoms with Gasteiger partial charge in [-0.05, 0) is 38.5 Å². The molecule has 0 fully saturated rings. The highest BCUT2D eigenvalue weighted by atomic mass is 16.5. The van der Waals surface area contributed by atoms with Crippen molar-refractivity contribution in [3.05, 3.63) is 85.7 Å². The molecule has 1 aromatic rings. The maximum atomic E-state index is 5.47. The number of ether oxygens (including phenoxy) is 1. The molecule has 1 heteroatoms. The van der Waals surface area contributed by atoms with E-state index in [1.54, 1.807) is 18.2 Å². The van der Waals surface area contributed by atoms with Gasteiger partial charge in [0.2, 0.25) is 0 Å². The predicted octanol–water partition coefficient (Wildman–Crippen LogP) is 6.70. The van der Waals surface area contributed by atoms with Crippen LogP contribution in [-0.4, -0.2) is 0 Å². The van der Waals surface area contributed by atoms with Gasteiger partial charge in [0.15, 0.2) is 0 Å². The summed E-state index contributed by atoms with van der Waals surface area (Å²) in [5.74, 6) is 0.823. The Morgan fingerprint density at radius 2 is 1.38 bits per heavy atom. The molecule has 0 aromatic heterocycles. The summed E-state index contributed by atoms with van der Waals surface area (Å²) in [7, 11) is 0. The van der Waals surface area contributed by atoms with Gasteiger partial charge in [-0.2, -0.15) is 0 Å². The SMILES string of the molecule is C=C/C(=C\C)OCc1ccccc1.C=CC.C=CC.CC. The quantitative estimate of drug-likeness (QED) is 0.340. The Morgan fingerprint density at radius 1 is 0.952 bits per heavy atom. The zero-order chi connectivity index (χ0) is 16.9. The van der Waals surface area contributed by atoms with Crippen LogP contribution in [0.2, 0.25) is 0 Å². The minimum atomic E-state index is 0.604. The minimum absolute atomic E-state index is 0.604. The van der Waals surface area contributed by atoms with Crippen LogP contribution in [0.5, 0.6) is 0 Å². The summed E-state index contributed by atoms with van der Waals surface area (Å²) in [6, 6.07) is 10.1. The molecule has 0 saturated heterocycles. The molecule has 118 valence electrons. The molecular weight excluding hydrogens is 256 g/mol. The fourth-order valence-electron chi connectivity index (χ4n) is 1.00. The average molecular weight is 288 g/mol. The van der Waals surface area contributed by atoms with Crippen molar-refractivity contribution in [3.8, 4) is 0 Å². The molecule has 0 saturated carbocycles. The fourth-order valence-corrected chi connectivity index (χ4v) is 1.00. The van der Waals surface area contributed by atoms with Gasteiger partial charge in [-0.1, -0.05) is 62.9 Å². The van der Waals surface area contributed by atoms with Crippen LogP contribution in [0, 0.1) is 0 Å². The van der Waals surface area contributed by atoms with Crippen molar-refractivity contribution in [3.63, 3.8) is 0 Å². The van der Waals surface area contributed by atoms with Crippen LogP contribution in [0.3, 0.4) is 0 Å². The molecule has 0 radical (unpaired) electrons. The van der Waals surface area contributed by atoms with Crippen LogP contribution in [0.4, 0.5) is 0 Å². The van der Waals surface area contributed by atoms with Crippen LogP contribution >= 0.6 is 0 Å². The molecule has 1 rings (SSSR count). The first-order valence-electron chi connectivity index (χ1n) is 7.29. The zero-order valence-corrected chi connectivity index (χ0v) is 14.4. The summed E-state index contributed by atoms with van der Waals surface area (Å²) < 4.78 is 5.47. The van der Waals surface area contributed by atoms with Gasteiger partial charge in [0.1, 0.15) is 12.4 Å². The Hall–Kier alpha value is -2.02. The highest BCUT2D eigenvalue weighted by Gasteiger charge is 1.92. The second kappa shape index (κ2) is 23.1. The van der Waals surface area contributed by atoms with E-state index >= 15 is 0 Å². The Bertz CT molecular complexity index is 355. The largest absolute Gasteiger partial charge is 0.489 e. The van der Waals surface area contributed by atoms with Crippen LogP contribution in [0.1, 0.15) is 40.2 Å². The highest BCUT2D eigenvalue weighted by Crippen LogP contribution is 2.05. The number of hydrogen-bond acceptors (Lipinski definition) is 1. The van der Waals surface area contributed by atoms with E-state index in [-0.39, 0.29) is 0 Å². The number of hydrogen-bond donors (Lipinski definition) is 0.